The molecular formula is C22H20FN3O4S. The predicted molar refractivity (Wildman–Crippen MR) is 112 cm³/mol. The minimum atomic E-state index is -1.12. The van der Waals surface area contributed by atoms with Crippen molar-refractivity contribution >= 4 is 23.2 Å². The molecule has 4 rings (SSSR count). The fourth-order valence-corrected chi connectivity index (χ4v) is 4.20. The number of pyridine rings is 1. The number of aromatic nitrogens is 2. The number of halogens is 1. The molecule has 3 heterocycles. The maximum Gasteiger partial charge on any atom is 0.367 e. The Morgan fingerprint density at radius 1 is 1.35 bits per heavy atom. The maximum atomic E-state index is 14.5. The number of ether oxygens (including phenoxy) is 2. The van der Waals surface area contributed by atoms with Gasteiger partial charge in [0.15, 0.2) is 0 Å². The number of carbonyl (C=O) groups excluding carboxylic acids is 2. The third kappa shape index (κ3) is 3.88. The molecule has 7 nitrogen and oxygen atoms in total. The molecule has 31 heavy (non-hydrogen) atoms. The van der Waals surface area contributed by atoms with Gasteiger partial charge in [0, 0.05) is 18.0 Å². The van der Waals surface area contributed by atoms with Gasteiger partial charge in [0.2, 0.25) is 5.01 Å². The number of hydrogen-bond donors (Lipinski definition) is 1. The van der Waals surface area contributed by atoms with Gasteiger partial charge in [-0.25, -0.2) is 14.2 Å². The molecule has 0 spiro atoms. The van der Waals surface area contributed by atoms with Crippen LogP contribution in [-0.4, -0.2) is 35.1 Å². The highest BCUT2D eigenvalue weighted by Crippen LogP contribution is 2.41. The third-order valence-corrected chi connectivity index (χ3v) is 5.91. The van der Waals surface area contributed by atoms with Crippen molar-refractivity contribution in [3.8, 4) is 5.75 Å². The molecule has 2 aromatic heterocycles. The number of nitrogens with one attached hydrogen (secondary N) is 1. The van der Waals surface area contributed by atoms with Gasteiger partial charge >= 0.3 is 5.97 Å². The molecule has 1 aromatic carbocycles. The lowest BCUT2D eigenvalue weighted by Gasteiger charge is -2.38. The Morgan fingerprint density at radius 3 is 2.97 bits per heavy atom. The monoisotopic (exact) mass is 441 g/mol. The van der Waals surface area contributed by atoms with E-state index >= 15 is 0 Å². The zero-order valence-electron chi connectivity index (χ0n) is 17.0. The highest BCUT2D eigenvalue weighted by Gasteiger charge is 2.43. The van der Waals surface area contributed by atoms with Gasteiger partial charge in [0.25, 0.3) is 5.91 Å². The first-order valence-electron chi connectivity index (χ1n) is 9.74. The van der Waals surface area contributed by atoms with Crippen LogP contribution in [0.15, 0.2) is 41.9 Å². The Morgan fingerprint density at radius 2 is 2.19 bits per heavy atom. The summed E-state index contributed by atoms with van der Waals surface area (Å²) in [7, 11) is 0. The lowest BCUT2D eigenvalue weighted by atomic mass is 9.81. The van der Waals surface area contributed by atoms with E-state index in [9.17, 15) is 14.0 Å². The molecule has 1 amide bonds. The fourth-order valence-electron chi connectivity index (χ4n) is 3.52. The molecule has 1 aliphatic heterocycles. The van der Waals surface area contributed by atoms with Crippen molar-refractivity contribution in [3.63, 3.8) is 0 Å². The molecule has 0 unspecified atom stereocenters. The summed E-state index contributed by atoms with van der Waals surface area (Å²) >= 11 is 1.03. The number of amides is 1. The number of esters is 1. The zero-order chi connectivity index (χ0) is 22.0. The number of aryl methyl sites for hydroxylation is 1. The molecule has 1 aliphatic rings. The molecular weight excluding hydrogens is 421 g/mol. The van der Waals surface area contributed by atoms with Crippen molar-refractivity contribution in [2.75, 3.05) is 13.2 Å². The van der Waals surface area contributed by atoms with Gasteiger partial charge in [-0.2, -0.15) is 0 Å². The summed E-state index contributed by atoms with van der Waals surface area (Å²) in [5.74, 6) is -0.958. The molecule has 0 bridgehead atoms. The first-order chi connectivity index (χ1) is 14.9. The van der Waals surface area contributed by atoms with Gasteiger partial charge in [-0.15, -0.1) is 11.3 Å². The highest BCUT2D eigenvalue weighted by atomic mass is 32.1. The molecule has 0 saturated carbocycles. The second-order valence-electron chi connectivity index (χ2n) is 7.03. The Bertz CT molecular complexity index is 1150. The smallest absolute Gasteiger partial charge is 0.367 e. The SMILES string of the molecule is CCOC(=O)c1nc(C(=O)N[C@]2(c3ccc(C)c(F)c3)CCOc3cccnc32)cs1. The van der Waals surface area contributed by atoms with E-state index in [4.69, 9.17) is 9.47 Å². The first-order valence-corrected chi connectivity index (χ1v) is 10.6. The summed E-state index contributed by atoms with van der Waals surface area (Å²) in [6.45, 7) is 3.88. The van der Waals surface area contributed by atoms with Crippen LogP contribution in [0.2, 0.25) is 0 Å². The van der Waals surface area contributed by atoms with Crippen LogP contribution >= 0.6 is 11.3 Å². The van der Waals surface area contributed by atoms with Gasteiger partial charge in [-0.3, -0.25) is 9.78 Å². The Hall–Kier alpha value is -3.33. The maximum absolute atomic E-state index is 14.5. The fraction of sp³-hybridized carbons (Fsp3) is 0.273. The van der Waals surface area contributed by atoms with Crippen LogP contribution < -0.4 is 10.1 Å². The largest absolute Gasteiger partial charge is 0.491 e. The number of thiazole rings is 1. The van der Waals surface area contributed by atoms with E-state index in [0.29, 0.717) is 35.6 Å². The van der Waals surface area contributed by atoms with E-state index < -0.39 is 17.4 Å². The van der Waals surface area contributed by atoms with Crippen LogP contribution in [-0.2, 0) is 10.3 Å². The predicted octanol–water partition coefficient (Wildman–Crippen LogP) is 3.62. The average Bonchev–Trinajstić information content (AvgIpc) is 3.27. The summed E-state index contributed by atoms with van der Waals surface area (Å²) in [5, 5.41) is 4.58. The van der Waals surface area contributed by atoms with Crippen molar-refractivity contribution in [2.24, 2.45) is 0 Å². The minimum Gasteiger partial charge on any atom is -0.491 e. The molecule has 1 N–H and O–H groups in total. The lowest BCUT2D eigenvalue weighted by molar-refractivity contribution is 0.0526. The van der Waals surface area contributed by atoms with E-state index in [2.05, 4.69) is 15.3 Å². The lowest BCUT2D eigenvalue weighted by Crippen LogP contribution is -2.50. The number of fused-ring (bicyclic) bond motifs is 1. The standard InChI is InChI=1S/C22H20FN3O4S/c1-3-29-21(28)20-25-16(12-31-20)19(27)26-22(14-7-6-13(2)15(23)11-14)8-10-30-17-5-4-9-24-18(17)22/h4-7,9,11-12H,3,8,10H2,1-2H3,(H,26,27)/t22-/m0/s1. The van der Waals surface area contributed by atoms with Crippen LogP contribution in [0, 0.1) is 12.7 Å². The quantitative estimate of drug-likeness (QED) is 0.609. The zero-order valence-corrected chi connectivity index (χ0v) is 17.8. The van der Waals surface area contributed by atoms with Gasteiger partial charge < -0.3 is 14.8 Å². The molecule has 3 aromatic rings. The molecule has 0 aliphatic carbocycles. The van der Waals surface area contributed by atoms with Crippen LogP contribution in [0.3, 0.4) is 0 Å². The normalized spacial score (nSPS) is 17.4. The summed E-state index contributed by atoms with van der Waals surface area (Å²) in [4.78, 5) is 33.6. The number of carbonyl (C=O) groups is 2. The minimum absolute atomic E-state index is 0.0731. The number of rotatable bonds is 5. The average molecular weight is 441 g/mol. The first kappa shape index (κ1) is 20.9. The van der Waals surface area contributed by atoms with Crippen molar-refractivity contribution in [1.82, 2.24) is 15.3 Å². The van der Waals surface area contributed by atoms with Gasteiger partial charge in [0.05, 0.1) is 13.2 Å². The van der Waals surface area contributed by atoms with Crippen molar-refractivity contribution in [1.29, 1.82) is 0 Å². The molecule has 0 radical (unpaired) electrons. The van der Waals surface area contributed by atoms with E-state index in [0.717, 1.165) is 11.3 Å². The molecule has 0 fully saturated rings. The van der Waals surface area contributed by atoms with E-state index in [1.54, 1.807) is 44.3 Å². The van der Waals surface area contributed by atoms with Crippen molar-refractivity contribution in [2.45, 2.75) is 25.8 Å². The van der Waals surface area contributed by atoms with Crippen molar-refractivity contribution < 1.29 is 23.5 Å². The Kier molecular flexibility index (Phi) is 5.69. The Balaban J connectivity index is 1.76. The number of nitrogens with zero attached hydrogens (tertiary/aromatic N) is 2. The second-order valence-corrected chi connectivity index (χ2v) is 7.89. The van der Waals surface area contributed by atoms with Crippen LogP contribution in [0.5, 0.6) is 5.75 Å². The number of benzene rings is 1. The Labute approximate surface area is 182 Å². The summed E-state index contributed by atoms with van der Waals surface area (Å²) in [5.41, 5.74) is 0.488. The van der Waals surface area contributed by atoms with Gasteiger partial charge in [0.1, 0.15) is 28.5 Å². The van der Waals surface area contributed by atoms with Gasteiger partial charge in [-0.1, -0.05) is 12.1 Å². The number of hydrogen-bond acceptors (Lipinski definition) is 7. The van der Waals surface area contributed by atoms with E-state index in [1.165, 1.54) is 11.4 Å². The second kappa shape index (κ2) is 8.43. The summed E-state index contributed by atoms with van der Waals surface area (Å²) < 4.78 is 25.1. The van der Waals surface area contributed by atoms with Gasteiger partial charge in [-0.05, 0) is 43.2 Å². The molecule has 160 valence electrons. The topological polar surface area (TPSA) is 90.4 Å². The van der Waals surface area contributed by atoms with E-state index in [-0.39, 0.29) is 23.1 Å². The third-order valence-electron chi connectivity index (χ3n) is 5.09. The van der Waals surface area contributed by atoms with Crippen LogP contribution in [0.1, 0.15) is 50.5 Å². The highest BCUT2D eigenvalue weighted by molar-refractivity contribution is 7.11. The molecule has 0 saturated heterocycles. The van der Waals surface area contributed by atoms with Crippen LogP contribution in [0.4, 0.5) is 4.39 Å². The van der Waals surface area contributed by atoms with E-state index in [1.807, 2.05) is 0 Å². The summed E-state index contributed by atoms with van der Waals surface area (Å²) in [6.07, 6.45) is 1.95. The summed E-state index contributed by atoms with van der Waals surface area (Å²) in [6, 6.07) is 8.34. The molecule has 9 heteroatoms. The molecule has 1 atom stereocenters. The van der Waals surface area contributed by atoms with Crippen LogP contribution in [0.25, 0.3) is 0 Å². The van der Waals surface area contributed by atoms with Crippen molar-refractivity contribution in [3.05, 3.63) is 75.2 Å².